The molecule has 0 aliphatic carbocycles. The molecule has 4 heteroatoms. The Bertz CT molecular complexity index is 323. The molecule has 0 spiro atoms. The lowest BCUT2D eigenvalue weighted by molar-refractivity contribution is -0.142. The summed E-state index contributed by atoms with van der Waals surface area (Å²) in [6.07, 6.45) is 0. The number of aromatic hydroxyl groups is 1. The molecule has 1 aromatic carbocycles. The molecule has 13 heavy (non-hydrogen) atoms. The Morgan fingerprint density at radius 1 is 1.62 bits per heavy atom. The molecule has 0 heterocycles. The molecule has 0 unspecified atom stereocenters. The van der Waals surface area contributed by atoms with Crippen molar-refractivity contribution in [3.8, 4) is 5.75 Å². The number of benzene rings is 1. The predicted octanol–water partition coefficient (Wildman–Crippen LogP) is 2.22. The van der Waals surface area contributed by atoms with Gasteiger partial charge in [-0.05, 0) is 33.6 Å². The molecule has 0 amide bonds. The van der Waals surface area contributed by atoms with Gasteiger partial charge in [0.05, 0.1) is 4.47 Å². The van der Waals surface area contributed by atoms with Crippen LogP contribution >= 0.6 is 15.9 Å². The molecule has 0 aliphatic rings. The zero-order valence-corrected chi connectivity index (χ0v) is 8.67. The van der Waals surface area contributed by atoms with Crippen molar-refractivity contribution in [2.75, 3.05) is 0 Å². The first-order chi connectivity index (χ1) is 6.09. The predicted molar refractivity (Wildman–Crippen MR) is 51.3 cm³/mol. The molecule has 0 bridgehead atoms. The molecule has 1 rings (SSSR count). The van der Waals surface area contributed by atoms with Gasteiger partial charge in [-0.1, -0.05) is 6.07 Å². The summed E-state index contributed by atoms with van der Waals surface area (Å²) in [6.45, 7) is 1.54. The number of rotatable bonds is 2. The van der Waals surface area contributed by atoms with E-state index in [1.54, 1.807) is 18.2 Å². The Hall–Kier alpha value is -1.03. The van der Waals surface area contributed by atoms with E-state index < -0.39 is 0 Å². The minimum absolute atomic E-state index is 0.143. The highest BCUT2D eigenvalue weighted by atomic mass is 79.9. The SMILES string of the molecule is CC(=O)OCc1ccc(Br)c(O)c1. The first-order valence-electron chi connectivity index (χ1n) is 3.70. The molecule has 0 fully saturated rings. The number of ether oxygens (including phenoxy) is 1. The maximum absolute atomic E-state index is 10.5. The van der Waals surface area contributed by atoms with Gasteiger partial charge in [-0.15, -0.1) is 0 Å². The van der Waals surface area contributed by atoms with Crippen LogP contribution in [0.25, 0.3) is 0 Å². The normalized spacial score (nSPS) is 9.69. The smallest absolute Gasteiger partial charge is 0.302 e. The zero-order valence-electron chi connectivity index (χ0n) is 7.08. The average Bonchev–Trinajstić information content (AvgIpc) is 2.07. The van der Waals surface area contributed by atoms with Crippen molar-refractivity contribution in [1.82, 2.24) is 0 Å². The van der Waals surface area contributed by atoms with Crippen molar-refractivity contribution in [2.45, 2.75) is 13.5 Å². The molecular formula is C9H9BrO3. The van der Waals surface area contributed by atoms with E-state index in [0.717, 1.165) is 5.56 Å². The number of esters is 1. The van der Waals surface area contributed by atoms with Gasteiger partial charge in [-0.2, -0.15) is 0 Å². The van der Waals surface area contributed by atoms with Crippen LogP contribution < -0.4 is 0 Å². The largest absolute Gasteiger partial charge is 0.507 e. The maximum atomic E-state index is 10.5. The lowest BCUT2D eigenvalue weighted by atomic mass is 10.2. The van der Waals surface area contributed by atoms with E-state index in [2.05, 4.69) is 15.9 Å². The van der Waals surface area contributed by atoms with Gasteiger partial charge in [0, 0.05) is 6.92 Å². The summed E-state index contributed by atoms with van der Waals surface area (Å²) in [5.41, 5.74) is 0.760. The van der Waals surface area contributed by atoms with Gasteiger partial charge in [-0.3, -0.25) is 4.79 Å². The summed E-state index contributed by atoms with van der Waals surface area (Å²) >= 11 is 3.15. The Labute approximate surface area is 84.5 Å². The second-order valence-electron chi connectivity index (χ2n) is 2.57. The second kappa shape index (κ2) is 4.28. The van der Waals surface area contributed by atoms with Crippen LogP contribution in [0.4, 0.5) is 0 Å². The number of carbonyl (C=O) groups is 1. The molecule has 70 valence electrons. The molecule has 3 nitrogen and oxygen atoms in total. The molecule has 0 aliphatic heterocycles. The molecule has 1 N–H and O–H groups in total. The summed E-state index contributed by atoms with van der Waals surface area (Å²) in [6, 6.07) is 5.02. The number of halogens is 1. The minimum Gasteiger partial charge on any atom is -0.507 e. The Morgan fingerprint density at radius 2 is 2.31 bits per heavy atom. The summed E-state index contributed by atoms with van der Waals surface area (Å²) in [7, 11) is 0. The quantitative estimate of drug-likeness (QED) is 0.812. The minimum atomic E-state index is -0.331. The first kappa shape index (κ1) is 10.1. The van der Waals surface area contributed by atoms with Crippen LogP contribution in [0.2, 0.25) is 0 Å². The lowest BCUT2D eigenvalue weighted by Gasteiger charge is -2.03. The summed E-state index contributed by atoms with van der Waals surface area (Å²) in [5, 5.41) is 9.28. The molecule has 0 atom stereocenters. The van der Waals surface area contributed by atoms with Crippen LogP contribution in [0, 0.1) is 0 Å². The van der Waals surface area contributed by atoms with Gasteiger partial charge in [0.2, 0.25) is 0 Å². The highest BCUT2D eigenvalue weighted by Gasteiger charge is 2.00. The molecule has 0 saturated heterocycles. The first-order valence-corrected chi connectivity index (χ1v) is 4.49. The average molecular weight is 245 g/mol. The van der Waals surface area contributed by atoms with E-state index in [-0.39, 0.29) is 18.3 Å². The van der Waals surface area contributed by atoms with E-state index in [9.17, 15) is 9.90 Å². The van der Waals surface area contributed by atoms with Gasteiger partial charge in [0.15, 0.2) is 0 Å². The Balaban J connectivity index is 2.68. The van der Waals surface area contributed by atoms with Gasteiger partial charge in [0.1, 0.15) is 12.4 Å². The second-order valence-corrected chi connectivity index (χ2v) is 3.42. The highest BCUT2D eigenvalue weighted by molar-refractivity contribution is 9.10. The fourth-order valence-electron chi connectivity index (χ4n) is 0.833. The molecular weight excluding hydrogens is 236 g/mol. The van der Waals surface area contributed by atoms with Crippen LogP contribution in [0.3, 0.4) is 0 Å². The third-order valence-corrected chi connectivity index (χ3v) is 2.12. The molecule has 0 aromatic heterocycles. The zero-order chi connectivity index (χ0) is 9.84. The number of carbonyl (C=O) groups excluding carboxylic acids is 1. The van der Waals surface area contributed by atoms with Crippen LogP contribution in [0.5, 0.6) is 5.75 Å². The van der Waals surface area contributed by atoms with Crippen LogP contribution in [0.15, 0.2) is 22.7 Å². The van der Waals surface area contributed by atoms with Crippen molar-refractivity contribution in [3.63, 3.8) is 0 Å². The van der Waals surface area contributed by atoms with Gasteiger partial charge < -0.3 is 9.84 Å². The monoisotopic (exact) mass is 244 g/mol. The van der Waals surface area contributed by atoms with E-state index in [1.165, 1.54) is 6.92 Å². The van der Waals surface area contributed by atoms with Crippen molar-refractivity contribution < 1.29 is 14.6 Å². The third kappa shape index (κ3) is 3.06. The fourth-order valence-corrected chi connectivity index (χ4v) is 1.08. The summed E-state index contributed by atoms with van der Waals surface area (Å²) in [4.78, 5) is 10.5. The molecule has 0 radical (unpaired) electrons. The molecule has 0 saturated carbocycles. The van der Waals surface area contributed by atoms with Crippen molar-refractivity contribution in [3.05, 3.63) is 28.2 Å². The molecule has 1 aromatic rings. The fraction of sp³-hybridized carbons (Fsp3) is 0.222. The maximum Gasteiger partial charge on any atom is 0.302 e. The Morgan fingerprint density at radius 3 is 2.85 bits per heavy atom. The van der Waals surface area contributed by atoms with E-state index >= 15 is 0 Å². The third-order valence-electron chi connectivity index (χ3n) is 1.45. The van der Waals surface area contributed by atoms with Crippen molar-refractivity contribution in [1.29, 1.82) is 0 Å². The van der Waals surface area contributed by atoms with E-state index in [1.807, 2.05) is 0 Å². The van der Waals surface area contributed by atoms with Crippen LogP contribution in [-0.2, 0) is 16.1 Å². The number of hydrogen-bond donors (Lipinski definition) is 1. The van der Waals surface area contributed by atoms with Gasteiger partial charge in [-0.25, -0.2) is 0 Å². The highest BCUT2D eigenvalue weighted by Crippen LogP contribution is 2.24. The topological polar surface area (TPSA) is 46.5 Å². The summed E-state index contributed by atoms with van der Waals surface area (Å²) in [5.74, 6) is -0.188. The van der Waals surface area contributed by atoms with Gasteiger partial charge >= 0.3 is 5.97 Å². The van der Waals surface area contributed by atoms with Crippen LogP contribution in [0.1, 0.15) is 12.5 Å². The van der Waals surface area contributed by atoms with E-state index in [0.29, 0.717) is 4.47 Å². The van der Waals surface area contributed by atoms with Gasteiger partial charge in [0.25, 0.3) is 0 Å². The van der Waals surface area contributed by atoms with E-state index in [4.69, 9.17) is 4.74 Å². The van der Waals surface area contributed by atoms with Crippen molar-refractivity contribution in [2.24, 2.45) is 0 Å². The number of phenolic OH excluding ortho intramolecular Hbond substituents is 1. The lowest BCUT2D eigenvalue weighted by Crippen LogP contribution is -1.98. The Kier molecular flexibility index (Phi) is 3.31. The number of phenols is 1. The standard InChI is InChI=1S/C9H9BrO3/c1-6(11)13-5-7-2-3-8(10)9(12)4-7/h2-4,12H,5H2,1H3. The van der Waals surface area contributed by atoms with Crippen LogP contribution in [-0.4, -0.2) is 11.1 Å². The van der Waals surface area contributed by atoms with Crippen molar-refractivity contribution >= 4 is 21.9 Å². The summed E-state index contributed by atoms with van der Waals surface area (Å²) < 4.78 is 5.38. The number of hydrogen-bond acceptors (Lipinski definition) is 3.